The summed E-state index contributed by atoms with van der Waals surface area (Å²) in [5.74, 6) is 3.76. The second-order valence-electron chi connectivity index (χ2n) is 10.3. The number of piperazine rings is 1. The lowest BCUT2D eigenvalue weighted by Crippen LogP contribution is -2.50. The largest absolute Gasteiger partial charge is 0.421 e. The lowest BCUT2D eigenvalue weighted by atomic mass is 9.69. The Balaban J connectivity index is 1.41. The molecule has 4 rings (SSSR count). The molecule has 1 amide bonds. The molecule has 2 aromatic rings. The van der Waals surface area contributed by atoms with Crippen LogP contribution in [0.15, 0.2) is 40.3 Å². The number of aromatic nitrogens is 2. The Hall–Kier alpha value is -2.47. The van der Waals surface area contributed by atoms with E-state index in [0.717, 1.165) is 57.0 Å². The van der Waals surface area contributed by atoms with Crippen LogP contribution >= 0.6 is 0 Å². The van der Waals surface area contributed by atoms with Crippen molar-refractivity contribution in [3.63, 3.8) is 0 Å². The molecule has 1 aliphatic carbocycles. The summed E-state index contributed by atoms with van der Waals surface area (Å²) >= 11 is 0. The molecule has 33 heavy (non-hydrogen) atoms. The standard InChI is InChI=1S/C27H38N4O2/c1-18(2)25-15-23(16-26-28-29-27(33-26)22-8-6-19(3)7-9-22)20(4)14-24(25)17-30-10-12-31(13-11-30)21(5)32/h6-9,14,18,23-25H,10-13,15-17H2,1-5H3. The van der Waals surface area contributed by atoms with Crippen LogP contribution in [-0.2, 0) is 11.2 Å². The van der Waals surface area contributed by atoms with E-state index >= 15 is 0 Å². The molecule has 178 valence electrons. The van der Waals surface area contributed by atoms with Crippen LogP contribution in [0.25, 0.3) is 11.5 Å². The van der Waals surface area contributed by atoms with Crippen molar-refractivity contribution >= 4 is 5.91 Å². The van der Waals surface area contributed by atoms with Gasteiger partial charge in [0.25, 0.3) is 0 Å². The summed E-state index contributed by atoms with van der Waals surface area (Å²) in [5.41, 5.74) is 3.63. The topological polar surface area (TPSA) is 62.5 Å². The first-order valence-electron chi connectivity index (χ1n) is 12.4. The highest BCUT2D eigenvalue weighted by Gasteiger charge is 2.34. The summed E-state index contributed by atoms with van der Waals surface area (Å²) < 4.78 is 6.04. The van der Waals surface area contributed by atoms with Crippen molar-refractivity contribution in [2.75, 3.05) is 32.7 Å². The first-order valence-corrected chi connectivity index (χ1v) is 12.4. The number of carbonyl (C=O) groups is 1. The number of allylic oxidation sites excluding steroid dienone is 1. The number of benzene rings is 1. The van der Waals surface area contributed by atoms with E-state index in [9.17, 15) is 4.79 Å². The maximum absolute atomic E-state index is 11.6. The molecule has 0 N–H and O–H groups in total. The van der Waals surface area contributed by atoms with E-state index in [0.29, 0.717) is 29.6 Å². The summed E-state index contributed by atoms with van der Waals surface area (Å²) in [5, 5.41) is 8.66. The highest BCUT2D eigenvalue weighted by atomic mass is 16.4. The van der Waals surface area contributed by atoms with E-state index in [2.05, 4.69) is 61.0 Å². The van der Waals surface area contributed by atoms with Crippen LogP contribution in [0, 0.1) is 30.6 Å². The number of hydrogen-bond donors (Lipinski definition) is 0. The molecule has 0 saturated carbocycles. The third-order valence-corrected chi connectivity index (χ3v) is 7.56. The molecular formula is C27H38N4O2. The van der Waals surface area contributed by atoms with E-state index in [4.69, 9.17) is 4.42 Å². The molecule has 1 aromatic heterocycles. The SMILES string of the molecule is CC(=O)N1CCN(CC2C=C(C)C(Cc3nnc(-c4ccc(C)cc4)o3)CC2C(C)C)CC1. The quantitative estimate of drug-likeness (QED) is 0.602. The fourth-order valence-corrected chi connectivity index (χ4v) is 5.39. The highest BCUT2D eigenvalue weighted by molar-refractivity contribution is 5.73. The number of aryl methyl sites for hydroxylation is 1. The first kappa shape index (κ1) is 23.7. The smallest absolute Gasteiger partial charge is 0.247 e. The van der Waals surface area contributed by atoms with Gasteiger partial charge in [-0.2, -0.15) is 0 Å². The van der Waals surface area contributed by atoms with E-state index in [1.807, 2.05) is 17.0 Å². The van der Waals surface area contributed by atoms with Gasteiger partial charge in [0.2, 0.25) is 17.7 Å². The van der Waals surface area contributed by atoms with Crippen LogP contribution in [0.3, 0.4) is 0 Å². The average Bonchev–Trinajstić information content (AvgIpc) is 3.24. The van der Waals surface area contributed by atoms with Crippen molar-refractivity contribution in [3.8, 4) is 11.5 Å². The molecule has 6 nitrogen and oxygen atoms in total. The minimum absolute atomic E-state index is 0.192. The highest BCUT2D eigenvalue weighted by Crippen LogP contribution is 2.39. The van der Waals surface area contributed by atoms with Crippen LogP contribution in [0.4, 0.5) is 0 Å². The van der Waals surface area contributed by atoms with E-state index < -0.39 is 0 Å². The fraction of sp³-hybridized carbons (Fsp3) is 0.593. The summed E-state index contributed by atoms with van der Waals surface area (Å²) in [6.45, 7) is 15.4. The maximum Gasteiger partial charge on any atom is 0.247 e. The van der Waals surface area contributed by atoms with Gasteiger partial charge >= 0.3 is 0 Å². The van der Waals surface area contributed by atoms with Gasteiger partial charge in [-0.15, -0.1) is 10.2 Å². The van der Waals surface area contributed by atoms with E-state index in [-0.39, 0.29) is 5.91 Å². The third-order valence-electron chi connectivity index (χ3n) is 7.56. The van der Waals surface area contributed by atoms with Crippen LogP contribution in [0.2, 0.25) is 0 Å². The summed E-state index contributed by atoms with van der Waals surface area (Å²) in [4.78, 5) is 16.1. The minimum Gasteiger partial charge on any atom is -0.421 e. The minimum atomic E-state index is 0.192. The second kappa shape index (κ2) is 10.2. The van der Waals surface area contributed by atoms with Gasteiger partial charge in [0, 0.05) is 51.6 Å². The Kier molecular flexibility index (Phi) is 7.32. The molecule has 1 aliphatic heterocycles. The molecular weight excluding hydrogens is 412 g/mol. The van der Waals surface area contributed by atoms with Gasteiger partial charge in [0.1, 0.15) is 0 Å². The number of hydrogen-bond acceptors (Lipinski definition) is 5. The average molecular weight is 451 g/mol. The summed E-state index contributed by atoms with van der Waals surface area (Å²) in [6.07, 6.45) is 4.46. The van der Waals surface area contributed by atoms with Gasteiger partial charge in [-0.3, -0.25) is 9.69 Å². The van der Waals surface area contributed by atoms with Gasteiger partial charge in [0.15, 0.2) is 0 Å². The zero-order valence-electron chi connectivity index (χ0n) is 20.8. The van der Waals surface area contributed by atoms with Gasteiger partial charge in [-0.25, -0.2) is 0 Å². The Morgan fingerprint density at radius 2 is 1.79 bits per heavy atom. The molecule has 2 heterocycles. The molecule has 3 unspecified atom stereocenters. The maximum atomic E-state index is 11.6. The number of carbonyl (C=O) groups excluding carboxylic acids is 1. The van der Waals surface area contributed by atoms with Crippen molar-refractivity contribution in [1.82, 2.24) is 20.0 Å². The lowest BCUT2D eigenvalue weighted by molar-refractivity contribution is -0.130. The molecule has 6 heteroatoms. The van der Waals surface area contributed by atoms with Crippen molar-refractivity contribution in [1.29, 1.82) is 0 Å². The molecule has 0 bridgehead atoms. The molecule has 1 aromatic carbocycles. The zero-order chi connectivity index (χ0) is 23.5. The van der Waals surface area contributed by atoms with Crippen LogP contribution in [0.5, 0.6) is 0 Å². The second-order valence-corrected chi connectivity index (χ2v) is 10.3. The predicted octanol–water partition coefficient (Wildman–Crippen LogP) is 4.61. The van der Waals surface area contributed by atoms with Gasteiger partial charge < -0.3 is 9.32 Å². The van der Waals surface area contributed by atoms with Crippen LogP contribution in [0.1, 0.15) is 45.6 Å². The monoisotopic (exact) mass is 450 g/mol. The van der Waals surface area contributed by atoms with Crippen LogP contribution in [-0.4, -0.2) is 58.6 Å². The van der Waals surface area contributed by atoms with E-state index in [1.165, 1.54) is 11.1 Å². The van der Waals surface area contributed by atoms with Gasteiger partial charge in [0.05, 0.1) is 0 Å². The normalized spacial score (nSPS) is 24.2. The lowest BCUT2D eigenvalue weighted by Gasteiger charge is -2.41. The Morgan fingerprint density at radius 1 is 1.09 bits per heavy atom. The molecule has 1 saturated heterocycles. The number of rotatable bonds is 6. The molecule has 3 atom stereocenters. The molecule has 0 radical (unpaired) electrons. The third kappa shape index (κ3) is 5.72. The number of nitrogens with zero attached hydrogens (tertiary/aromatic N) is 4. The van der Waals surface area contributed by atoms with Crippen LogP contribution < -0.4 is 0 Å². The van der Waals surface area contributed by atoms with Gasteiger partial charge in [-0.1, -0.05) is 43.2 Å². The Morgan fingerprint density at radius 3 is 2.42 bits per heavy atom. The Labute approximate surface area is 198 Å². The fourth-order valence-electron chi connectivity index (χ4n) is 5.39. The first-order chi connectivity index (χ1) is 15.8. The Bertz CT molecular complexity index is 970. The van der Waals surface area contributed by atoms with E-state index in [1.54, 1.807) is 6.92 Å². The predicted molar refractivity (Wildman–Crippen MR) is 131 cm³/mol. The van der Waals surface area contributed by atoms with Crippen molar-refractivity contribution in [3.05, 3.63) is 47.4 Å². The molecule has 0 spiro atoms. The van der Waals surface area contributed by atoms with Crippen molar-refractivity contribution in [2.45, 2.75) is 47.5 Å². The number of amides is 1. The molecule has 1 fully saturated rings. The molecule has 2 aliphatic rings. The van der Waals surface area contributed by atoms with Gasteiger partial charge in [-0.05, 0) is 56.1 Å². The summed E-state index contributed by atoms with van der Waals surface area (Å²) in [7, 11) is 0. The zero-order valence-corrected chi connectivity index (χ0v) is 20.8. The van der Waals surface area contributed by atoms with Crippen molar-refractivity contribution in [2.24, 2.45) is 23.7 Å². The van der Waals surface area contributed by atoms with Crippen molar-refractivity contribution < 1.29 is 9.21 Å². The summed E-state index contributed by atoms with van der Waals surface area (Å²) in [6, 6.07) is 8.21.